The normalized spacial score (nSPS) is 10.2. The number of aryl methyl sites for hydroxylation is 2. The van der Waals surface area contributed by atoms with Crippen molar-refractivity contribution in [3.8, 4) is 0 Å². The molecule has 1 aromatic heterocycles. The summed E-state index contributed by atoms with van der Waals surface area (Å²) in [5.74, 6) is 0. The number of hydrogen-bond donors (Lipinski definition) is 0. The molecule has 0 N–H and O–H groups in total. The molecular weight excluding hydrogens is 110 g/mol. The highest BCUT2D eigenvalue weighted by Crippen LogP contribution is 2.13. The van der Waals surface area contributed by atoms with Gasteiger partial charge in [0.1, 0.15) is 0 Å². The van der Waals surface area contributed by atoms with Crippen LogP contribution in [0.1, 0.15) is 22.5 Å². The van der Waals surface area contributed by atoms with Gasteiger partial charge in [0, 0.05) is 0 Å². The first-order chi connectivity index (χ1) is 4.13. The number of aromatic nitrogens is 1. The molecule has 1 rings (SSSR count). The fourth-order valence-electron chi connectivity index (χ4n) is 0.962. The standard InChI is InChI=1S/C8H12N/c1-5-6(2)8(4)9-7(5)3/h1-4H3/q-1. The lowest BCUT2D eigenvalue weighted by Gasteiger charge is -1.99. The average Bonchev–Trinajstić information content (AvgIpc) is 1.98. The highest BCUT2D eigenvalue weighted by atomic mass is 14.7. The molecule has 0 aromatic carbocycles. The van der Waals surface area contributed by atoms with Gasteiger partial charge in [-0.15, -0.1) is 0 Å². The third-order valence-corrected chi connectivity index (χ3v) is 1.98. The zero-order valence-electron chi connectivity index (χ0n) is 6.45. The summed E-state index contributed by atoms with van der Waals surface area (Å²) < 4.78 is 0. The van der Waals surface area contributed by atoms with Crippen molar-refractivity contribution in [3.63, 3.8) is 0 Å². The molecule has 0 saturated heterocycles. The topological polar surface area (TPSA) is 14.1 Å². The predicted octanol–water partition coefficient (Wildman–Crippen LogP) is 1.88. The first kappa shape index (κ1) is 6.40. The van der Waals surface area contributed by atoms with Crippen LogP contribution in [0.25, 0.3) is 0 Å². The Morgan fingerprint density at radius 1 is 0.778 bits per heavy atom. The van der Waals surface area contributed by atoms with Gasteiger partial charge < -0.3 is 4.98 Å². The van der Waals surface area contributed by atoms with E-state index in [1.807, 2.05) is 0 Å². The summed E-state index contributed by atoms with van der Waals surface area (Å²) in [4.78, 5) is 4.31. The second-order valence-corrected chi connectivity index (χ2v) is 2.53. The fourth-order valence-corrected chi connectivity index (χ4v) is 0.962. The van der Waals surface area contributed by atoms with Gasteiger partial charge >= 0.3 is 0 Å². The minimum atomic E-state index is 1.17. The number of hydrogen-bond acceptors (Lipinski definition) is 0. The van der Waals surface area contributed by atoms with Crippen LogP contribution in [0.4, 0.5) is 0 Å². The van der Waals surface area contributed by atoms with Crippen LogP contribution >= 0.6 is 0 Å². The fraction of sp³-hybridized carbons (Fsp3) is 0.500. The second kappa shape index (κ2) is 1.90. The number of rotatable bonds is 0. The molecule has 9 heavy (non-hydrogen) atoms. The molecule has 1 nitrogen and oxygen atoms in total. The molecule has 0 saturated carbocycles. The lowest BCUT2D eigenvalue weighted by atomic mass is 10.2. The molecule has 0 fully saturated rings. The molecule has 0 radical (unpaired) electrons. The van der Waals surface area contributed by atoms with Crippen molar-refractivity contribution in [1.82, 2.24) is 4.98 Å². The molecule has 0 amide bonds. The molecule has 0 spiro atoms. The lowest BCUT2D eigenvalue weighted by Crippen LogP contribution is -1.76. The van der Waals surface area contributed by atoms with Gasteiger partial charge in [0.05, 0.1) is 0 Å². The highest BCUT2D eigenvalue weighted by Gasteiger charge is 1.91. The number of nitrogens with zero attached hydrogens (tertiary/aromatic N) is 1. The molecule has 1 heteroatoms. The van der Waals surface area contributed by atoms with Crippen LogP contribution in [0.2, 0.25) is 0 Å². The SMILES string of the molecule is Cc1[n-]c(C)c(C)c1C. The van der Waals surface area contributed by atoms with Crippen molar-refractivity contribution in [2.75, 3.05) is 0 Å². The summed E-state index contributed by atoms with van der Waals surface area (Å²) in [6, 6.07) is 0. The van der Waals surface area contributed by atoms with Crippen molar-refractivity contribution in [2.24, 2.45) is 0 Å². The zero-order valence-corrected chi connectivity index (χ0v) is 6.45. The maximum atomic E-state index is 4.31. The van der Waals surface area contributed by atoms with E-state index in [-0.39, 0.29) is 0 Å². The minimum absolute atomic E-state index is 1.17. The Labute approximate surface area is 56.1 Å². The van der Waals surface area contributed by atoms with Crippen molar-refractivity contribution >= 4 is 0 Å². The summed E-state index contributed by atoms with van der Waals surface area (Å²) >= 11 is 0. The van der Waals surface area contributed by atoms with Gasteiger partial charge in [-0.2, -0.15) is 11.4 Å². The van der Waals surface area contributed by atoms with Gasteiger partial charge in [0.15, 0.2) is 0 Å². The van der Waals surface area contributed by atoms with Crippen LogP contribution < -0.4 is 4.98 Å². The molecule has 0 atom stereocenters. The monoisotopic (exact) mass is 122 g/mol. The van der Waals surface area contributed by atoms with Crippen molar-refractivity contribution in [2.45, 2.75) is 27.7 Å². The molecule has 1 aromatic rings. The van der Waals surface area contributed by atoms with E-state index in [0.717, 1.165) is 0 Å². The van der Waals surface area contributed by atoms with E-state index < -0.39 is 0 Å². The van der Waals surface area contributed by atoms with Gasteiger partial charge in [-0.1, -0.05) is 25.0 Å². The molecule has 0 aliphatic rings. The van der Waals surface area contributed by atoms with E-state index >= 15 is 0 Å². The molecule has 0 bridgehead atoms. The molecular formula is C8H12N-. The van der Waals surface area contributed by atoms with Crippen molar-refractivity contribution in [1.29, 1.82) is 0 Å². The molecule has 1 heterocycles. The van der Waals surface area contributed by atoms with Crippen LogP contribution in [-0.2, 0) is 0 Å². The van der Waals surface area contributed by atoms with E-state index in [4.69, 9.17) is 0 Å². The minimum Gasteiger partial charge on any atom is -0.665 e. The third kappa shape index (κ3) is 0.869. The zero-order chi connectivity index (χ0) is 7.02. The van der Waals surface area contributed by atoms with E-state index in [1.165, 1.54) is 22.5 Å². The summed E-state index contributed by atoms with van der Waals surface area (Å²) in [7, 11) is 0. The van der Waals surface area contributed by atoms with Gasteiger partial charge in [-0.25, -0.2) is 0 Å². The van der Waals surface area contributed by atoms with Crippen LogP contribution in [0, 0.1) is 27.7 Å². The second-order valence-electron chi connectivity index (χ2n) is 2.53. The van der Waals surface area contributed by atoms with E-state index in [1.54, 1.807) is 0 Å². The molecule has 0 aliphatic heterocycles. The lowest BCUT2D eigenvalue weighted by molar-refractivity contribution is 1.14. The Bertz CT molecular complexity index is 198. The predicted molar refractivity (Wildman–Crippen MR) is 38.7 cm³/mol. The van der Waals surface area contributed by atoms with Crippen LogP contribution in [-0.4, -0.2) is 0 Å². The Morgan fingerprint density at radius 3 is 1.22 bits per heavy atom. The largest absolute Gasteiger partial charge is 0.665 e. The highest BCUT2D eigenvalue weighted by molar-refractivity contribution is 5.32. The third-order valence-electron chi connectivity index (χ3n) is 1.98. The first-order valence-corrected chi connectivity index (χ1v) is 3.20. The molecule has 0 aliphatic carbocycles. The molecule has 0 unspecified atom stereocenters. The Balaban J connectivity index is 3.29. The van der Waals surface area contributed by atoms with Gasteiger partial charge in [-0.05, 0) is 13.8 Å². The summed E-state index contributed by atoms with van der Waals surface area (Å²) in [5.41, 5.74) is 5.02. The van der Waals surface area contributed by atoms with Crippen LogP contribution in [0.5, 0.6) is 0 Å². The Kier molecular flexibility index (Phi) is 1.35. The van der Waals surface area contributed by atoms with E-state index in [9.17, 15) is 0 Å². The van der Waals surface area contributed by atoms with E-state index in [0.29, 0.717) is 0 Å². The van der Waals surface area contributed by atoms with E-state index in [2.05, 4.69) is 32.7 Å². The van der Waals surface area contributed by atoms with Gasteiger partial charge in [0.2, 0.25) is 0 Å². The van der Waals surface area contributed by atoms with Gasteiger partial charge in [0.25, 0.3) is 0 Å². The quantitative estimate of drug-likeness (QED) is 0.512. The molecule has 50 valence electrons. The Morgan fingerprint density at radius 2 is 1.11 bits per heavy atom. The summed E-state index contributed by atoms with van der Waals surface area (Å²) in [6.07, 6.45) is 0. The smallest absolute Gasteiger partial charge is 0.0411 e. The average molecular weight is 122 g/mol. The Hall–Kier alpha value is -0.720. The van der Waals surface area contributed by atoms with Crippen LogP contribution in [0.3, 0.4) is 0 Å². The maximum absolute atomic E-state index is 4.31. The van der Waals surface area contributed by atoms with Crippen molar-refractivity contribution < 1.29 is 0 Å². The van der Waals surface area contributed by atoms with Crippen molar-refractivity contribution in [3.05, 3.63) is 22.5 Å². The maximum Gasteiger partial charge on any atom is -0.0411 e. The van der Waals surface area contributed by atoms with Gasteiger partial charge in [-0.3, -0.25) is 0 Å². The first-order valence-electron chi connectivity index (χ1n) is 3.20. The summed E-state index contributed by atoms with van der Waals surface area (Å²) in [6.45, 7) is 8.33. The van der Waals surface area contributed by atoms with Crippen LogP contribution in [0.15, 0.2) is 0 Å². The summed E-state index contributed by atoms with van der Waals surface area (Å²) in [5, 5.41) is 0.